The van der Waals surface area contributed by atoms with Gasteiger partial charge in [-0.05, 0) is 24.5 Å². The van der Waals surface area contributed by atoms with Crippen LogP contribution >= 0.6 is 0 Å². The number of H-pyrrole nitrogens is 2. The Morgan fingerprint density at radius 2 is 1.79 bits per heavy atom. The number of fused-ring (bicyclic) bond motifs is 1. The fraction of sp³-hybridized carbons (Fsp3) is 0.158. The van der Waals surface area contributed by atoms with Crippen LogP contribution < -0.4 is 5.73 Å². The first-order chi connectivity index (χ1) is 11.8. The molecule has 0 radical (unpaired) electrons. The van der Waals surface area contributed by atoms with Gasteiger partial charge in [-0.25, -0.2) is 4.98 Å². The summed E-state index contributed by atoms with van der Waals surface area (Å²) in [4.78, 5) is 7.85. The molecule has 0 bridgehead atoms. The predicted molar refractivity (Wildman–Crippen MR) is 95.4 cm³/mol. The molecule has 4 rings (SSSR count). The minimum absolute atomic E-state index is 0.156. The minimum atomic E-state index is -0.156. The van der Waals surface area contributed by atoms with Crippen LogP contribution in [0.5, 0.6) is 0 Å². The molecule has 2 heterocycles. The van der Waals surface area contributed by atoms with E-state index in [9.17, 15) is 0 Å². The van der Waals surface area contributed by atoms with Crippen LogP contribution in [0.4, 0.5) is 0 Å². The van der Waals surface area contributed by atoms with Crippen LogP contribution in [0.15, 0.2) is 60.8 Å². The molecule has 0 saturated carbocycles. The van der Waals surface area contributed by atoms with Gasteiger partial charge in [-0.1, -0.05) is 48.5 Å². The van der Waals surface area contributed by atoms with E-state index in [2.05, 4.69) is 38.4 Å². The van der Waals surface area contributed by atoms with E-state index >= 15 is 0 Å². The average Bonchev–Trinajstić information content (AvgIpc) is 3.27. The van der Waals surface area contributed by atoms with Crippen molar-refractivity contribution < 1.29 is 0 Å². The first-order valence-electron chi connectivity index (χ1n) is 8.09. The van der Waals surface area contributed by atoms with E-state index < -0.39 is 0 Å². The SMILES string of the molecule is N[C@H](CCc1ccccc1)c1nc(-c2c[nH]c3ccccc23)n[nH]1. The molecule has 0 saturated heterocycles. The van der Waals surface area contributed by atoms with Gasteiger partial charge >= 0.3 is 0 Å². The number of nitrogens with zero attached hydrogens (tertiary/aromatic N) is 2. The molecule has 0 amide bonds. The normalized spacial score (nSPS) is 12.5. The zero-order valence-corrected chi connectivity index (χ0v) is 13.2. The number of rotatable bonds is 5. The molecule has 2 aromatic carbocycles. The van der Waals surface area contributed by atoms with Gasteiger partial charge in [-0.2, -0.15) is 5.10 Å². The van der Waals surface area contributed by atoms with Gasteiger partial charge < -0.3 is 10.7 Å². The lowest BCUT2D eigenvalue weighted by Gasteiger charge is -2.07. The molecule has 0 fully saturated rings. The van der Waals surface area contributed by atoms with Crippen molar-refractivity contribution in [2.45, 2.75) is 18.9 Å². The van der Waals surface area contributed by atoms with E-state index in [1.54, 1.807) is 0 Å². The van der Waals surface area contributed by atoms with E-state index in [0.29, 0.717) is 5.82 Å². The highest BCUT2D eigenvalue weighted by Crippen LogP contribution is 2.26. The highest BCUT2D eigenvalue weighted by Gasteiger charge is 2.15. The molecule has 120 valence electrons. The molecular formula is C19H19N5. The van der Waals surface area contributed by atoms with Crippen molar-refractivity contribution in [2.75, 3.05) is 0 Å². The Morgan fingerprint density at radius 1 is 1.00 bits per heavy atom. The van der Waals surface area contributed by atoms with E-state index in [1.807, 2.05) is 42.6 Å². The fourth-order valence-corrected chi connectivity index (χ4v) is 2.92. The highest BCUT2D eigenvalue weighted by atomic mass is 15.2. The van der Waals surface area contributed by atoms with Crippen LogP contribution in [0.3, 0.4) is 0 Å². The number of hydrogen-bond acceptors (Lipinski definition) is 3. The summed E-state index contributed by atoms with van der Waals surface area (Å²) >= 11 is 0. The zero-order valence-electron chi connectivity index (χ0n) is 13.2. The summed E-state index contributed by atoms with van der Waals surface area (Å²) < 4.78 is 0. The van der Waals surface area contributed by atoms with Crippen molar-refractivity contribution >= 4 is 10.9 Å². The van der Waals surface area contributed by atoms with Crippen LogP contribution in [0, 0.1) is 0 Å². The van der Waals surface area contributed by atoms with E-state index in [1.165, 1.54) is 5.56 Å². The lowest BCUT2D eigenvalue weighted by atomic mass is 10.1. The Balaban J connectivity index is 1.52. The quantitative estimate of drug-likeness (QED) is 0.526. The van der Waals surface area contributed by atoms with Crippen LogP contribution in [0.25, 0.3) is 22.3 Å². The monoisotopic (exact) mass is 317 g/mol. The average molecular weight is 317 g/mol. The molecule has 4 aromatic rings. The van der Waals surface area contributed by atoms with Gasteiger partial charge in [-0.15, -0.1) is 0 Å². The molecule has 0 aliphatic carbocycles. The molecule has 24 heavy (non-hydrogen) atoms. The van der Waals surface area contributed by atoms with Gasteiger partial charge in [0, 0.05) is 22.7 Å². The van der Waals surface area contributed by atoms with Gasteiger partial charge in [0.15, 0.2) is 5.82 Å². The molecular weight excluding hydrogens is 298 g/mol. The first kappa shape index (κ1) is 14.7. The van der Waals surface area contributed by atoms with Crippen molar-refractivity contribution in [1.29, 1.82) is 0 Å². The third kappa shape index (κ3) is 2.81. The van der Waals surface area contributed by atoms with E-state index in [4.69, 9.17) is 5.73 Å². The van der Waals surface area contributed by atoms with Crippen molar-refractivity contribution in [2.24, 2.45) is 5.73 Å². The van der Waals surface area contributed by atoms with Crippen molar-refractivity contribution in [3.63, 3.8) is 0 Å². The number of aromatic nitrogens is 4. The van der Waals surface area contributed by atoms with Crippen LogP contribution in [0.2, 0.25) is 0 Å². The van der Waals surface area contributed by atoms with Gasteiger partial charge in [0.2, 0.25) is 0 Å². The molecule has 0 aliphatic rings. The van der Waals surface area contributed by atoms with Gasteiger partial charge in [-0.3, -0.25) is 5.10 Å². The molecule has 2 aromatic heterocycles. The Morgan fingerprint density at radius 3 is 2.67 bits per heavy atom. The lowest BCUT2D eigenvalue weighted by Crippen LogP contribution is -2.13. The summed E-state index contributed by atoms with van der Waals surface area (Å²) in [6, 6.07) is 18.3. The largest absolute Gasteiger partial charge is 0.360 e. The number of benzene rings is 2. The van der Waals surface area contributed by atoms with Crippen molar-refractivity contribution in [1.82, 2.24) is 20.2 Å². The molecule has 4 N–H and O–H groups in total. The molecule has 0 aliphatic heterocycles. The number of nitrogens with one attached hydrogen (secondary N) is 2. The molecule has 0 spiro atoms. The Labute approximate surface area is 139 Å². The second-order valence-electron chi connectivity index (χ2n) is 5.92. The molecule has 5 heteroatoms. The number of hydrogen-bond donors (Lipinski definition) is 3. The zero-order chi connectivity index (χ0) is 16.4. The number of para-hydroxylation sites is 1. The molecule has 1 atom stereocenters. The maximum Gasteiger partial charge on any atom is 0.183 e. The summed E-state index contributed by atoms with van der Waals surface area (Å²) in [6.45, 7) is 0. The lowest BCUT2D eigenvalue weighted by molar-refractivity contribution is 0.615. The Bertz CT molecular complexity index is 938. The van der Waals surface area contributed by atoms with E-state index in [-0.39, 0.29) is 6.04 Å². The van der Waals surface area contributed by atoms with E-state index in [0.717, 1.165) is 35.1 Å². The number of aryl methyl sites for hydroxylation is 1. The minimum Gasteiger partial charge on any atom is -0.360 e. The van der Waals surface area contributed by atoms with Crippen LogP contribution in [-0.2, 0) is 6.42 Å². The Kier molecular flexibility index (Phi) is 3.84. The summed E-state index contributed by atoms with van der Waals surface area (Å²) in [7, 11) is 0. The number of nitrogens with two attached hydrogens (primary N) is 1. The standard InChI is InChI=1S/C19H19N5/c20-16(11-10-13-6-2-1-3-7-13)19-22-18(23-24-19)15-12-21-17-9-5-4-8-14(15)17/h1-9,12,16,21H,10-11,20H2,(H,22,23,24)/t16-/m1/s1. The maximum absolute atomic E-state index is 6.28. The highest BCUT2D eigenvalue weighted by molar-refractivity contribution is 5.93. The Hall–Kier alpha value is -2.92. The fourth-order valence-electron chi connectivity index (χ4n) is 2.92. The number of aromatic amines is 2. The molecule has 5 nitrogen and oxygen atoms in total. The first-order valence-corrected chi connectivity index (χ1v) is 8.09. The smallest absolute Gasteiger partial charge is 0.183 e. The maximum atomic E-state index is 6.28. The van der Waals surface area contributed by atoms with Gasteiger partial charge in [0.1, 0.15) is 5.82 Å². The van der Waals surface area contributed by atoms with Gasteiger partial charge in [0.25, 0.3) is 0 Å². The third-order valence-corrected chi connectivity index (χ3v) is 4.27. The second kappa shape index (κ2) is 6.29. The summed E-state index contributed by atoms with van der Waals surface area (Å²) in [6.07, 6.45) is 3.69. The summed E-state index contributed by atoms with van der Waals surface area (Å²) in [5, 5.41) is 8.46. The summed E-state index contributed by atoms with van der Waals surface area (Å²) in [5.41, 5.74) is 9.63. The van der Waals surface area contributed by atoms with Crippen molar-refractivity contribution in [3.8, 4) is 11.4 Å². The predicted octanol–water partition coefficient (Wildman–Crippen LogP) is 3.59. The van der Waals surface area contributed by atoms with Crippen molar-refractivity contribution in [3.05, 3.63) is 72.2 Å². The topological polar surface area (TPSA) is 83.4 Å². The third-order valence-electron chi connectivity index (χ3n) is 4.27. The van der Waals surface area contributed by atoms with Crippen LogP contribution in [-0.4, -0.2) is 20.2 Å². The molecule has 0 unspecified atom stereocenters. The second-order valence-corrected chi connectivity index (χ2v) is 5.92. The van der Waals surface area contributed by atoms with Gasteiger partial charge in [0.05, 0.1) is 6.04 Å². The summed E-state index contributed by atoms with van der Waals surface area (Å²) in [5.74, 6) is 1.41. The van der Waals surface area contributed by atoms with Crippen LogP contribution in [0.1, 0.15) is 23.9 Å².